The van der Waals surface area contributed by atoms with Crippen LogP contribution in [0.3, 0.4) is 0 Å². The average Bonchev–Trinajstić information content (AvgIpc) is 3.02. The van der Waals surface area contributed by atoms with E-state index in [2.05, 4.69) is 15.5 Å². The lowest BCUT2D eigenvalue weighted by Gasteiger charge is -2.35. The quantitative estimate of drug-likeness (QED) is 0.886. The third-order valence-corrected chi connectivity index (χ3v) is 4.66. The molecule has 2 fully saturated rings. The Morgan fingerprint density at radius 3 is 2.82 bits per heavy atom. The number of hydrogen-bond acceptors (Lipinski definition) is 3. The van der Waals surface area contributed by atoms with Gasteiger partial charge in [0.1, 0.15) is 0 Å². The van der Waals surface area contributed by atoms with Crippen LogP contribution in [0, 0.1) is 0 Å². The van der Waals surface area contributed by atoms with E-state index in [1.807, 2.05) is 24.3 Å². The van der Waals surface area contributed by atoms with E-state index in [1.54, 1.807) is 0 Å². The molecule has 0 aliphatic carbocycles. The van der Waals surface area contributed by atoms with E-state index >= 15 is 0 Å². The molecule has 6 heteroatoms. The number of halogens is 2. The molecule has 2 saturated heterocycles. The van der Waals surface area contributed by atoms with E-state index in [4.69, 9.17) is 11.6 Å². The molecule has 2 unspecified atom stereocenters. The second kappa shape index (κ2) is 8.04. The van der Waals surface area contributed by atoms with Crippen LogP contribution in [0.5, 0.6) is 0 Å². The minimum atomic E-state index is 0. The fraction of sp³-hybridized carbons (Fsp3) is 0.562. The Bertz CT molecular complexity index is 506. The van der Waals surface area contributed by atoms with E-state index in [9.17, 15) is 4.79 Å². The van der Waals surface area contributed by atoms with Crippen molar-refractivity contribution in [1.82, 2.24) is 10.6 Å². The summed E-state index contributed by atoms with van der Waals surface area (Å²) < 4.78 is 0. The summed E-state index contributed by atoms with van der Waals surface area (Å²) in [6, 6.07) is 8.13. The monoisotopic (exact) mass is 343 g/mol. The number of carbonyl (C=O) groups excluding carboxylic acids is 1. The van der Waals surface area contributed by atoms with Crippen LogP contribution in [0.4, 0.5) is 5.69 Å². The van der Waals surface area contributed by atoms with Gasteiger partial charge in [0.2, 0.25) is 5.91 Å². The maximum atomic E-state index is 12.2. The molecule has 4 nitrogen and oxygen atoms in total. The standard InChI is InChI=1S/C16H22ClN3O.ClH/c17-13-6-1-2-8-15(13)20-10-4-5-12(11-20)19-16(21)14-7-3-9-18-14;/h1-2,6,8,12,14,18H,3-5,7,9-11H2,(H,19,21);1H. The molecule has 22 heavy (non-hydrogen) atoms. The summed E-state index contributed by atoms with van der Waals surface area (Å²) in [6.07, 6.45) is 4.16. The highest BCUT2D eigenvalue weighted by molar-refractivity contribution is 6.33. The molecule has 0 aromatic heterocycles. The molecule has 1 aromatic rings. The summed E-state index contributed by atoms with van der Waals surface area (Å²) in [7, 11) is 0. The van der Waals surface area contributed by atoms with E-state index in [1.165, 1.54) is 0 Å². The maximum absolute atomic E-state index is 12.2. The molecule has 122 valence electrons. The molecule has 2 aliphatic rings. The van der Waals surface area contributed by atoms with E-state index in [0.717, 1.165) is 56.0 Å². The highest BCUT2D eigenvalue weighted by Crippen LogP contribution is 2.27. The van der Waals surface area contributed by atoms with Gasteiger partial charge in [0, 0.05) is 19.1 Å². The molecule has 2 atom stereocenters. The van der Waals surface area contributed by atoms with Crippen molar-refractivity contribution in [3.63, 3.8) is 0 Å². The largest absolute Gasteiger partial charge is 0.368 e. The minimum absolute atomic E-state index is 0. The Hall–Kier alpha value is -0.970. The fourth-order valence-electron chi connectivity index (χ4n) is 3.23. The first-order valence-corrected chi connectivity index (χ1v) is 8.15. The van der Waals surface area contributed by atoms with Gasteiger partial charge in [0.05, 0.1) is 16.8 Å². The molecular formula is C16H23Cl2N3O. The molecular weight excluding hydrogens is 321 g/mol. The van der Waals surface area contributed by atoms with Crippen molar-refractivity contribution in [3.8, 4) is 0 Å². The first-order chi connectivity index (χ1) is 10.2. The lowest BCUT2D eigenvalue weighted by Crippen LogP contribution is -2.51. The van der Waals surface area contributed by atoms with Crippen LogP contribution in [-0.4, -0.2) is 37.6 Å². The van der Waals surface area contributed by atoms with Gasteiger partial charge in [-0.05, 0) is 44.4 Å². The summed E-state index contributed by atoms with van der Waals surface area (Å²) in [5, 5.41) is 7.22. The molecule has 0 radical (unpaired) electrons. The third kappa shape index (κ3) is 4.06. The van der Waals surface area contributed by atoms with Gasteiger partial charge < -0.3 is 15.5 Å². The molecule has 0 saturated carbocycles. The van der Waals surface area contributed by atoms with Crippen LogP contribution in [-0.2, 0) is 4.79 Å². The highest BCUT2D eigenvalue weighted by atomic mass is 35.5. The summed E-state index contributed by atoms with van der Waals surface area (Å²) >= 11 is 6.28. The van der Waals surface area contributed by atoms with Crippen LogP contribution in [0.2, 0.25) is 5.02 Å². The number of nitrogens with zero attached hydrogens (tertiary/aromatic N) is 1. The van der Waals surface area contributed by atoms with Gasteiger partial charge in [-0.15, -0.1) is 12.4 Å². The second-order valence-corrected chi connectivity index (χ2v) is 6.30. The van der Waals surface area contributed by atoms with Crippen molar-refractivity contribution >= 4 is 35.6 Å². The lowest BCUT2D eigenvalue weighted by atomic mass is 10.0. The number of amides is 1. The van der Waals surface area contributed by atoms with Gasteiger partial charge in [-0.3, -0.25) is 4.79 Å². The van der Waals surface area contributed by atoms with Gasteiger partial charge in [-0.2, -0.15) is 0 Å². The zero-order valence-electron chi connectivity index (χ0n) is 12.6. The first-order valence-electron chi connectivity index (χ1n) is 7.77. The first kappa shape index (κ1) is 17.4. The van der Waals surface area contributed by atoms with Crippen LogP contribution in [0.1, 0.15) is 25.7 Å². The Morgan fingerprint density at radius 1 is 1.27 bits per heavy atom. The molecule has 2 aliphatic heterocycles. The predicted molar refractivity (Wildman–Crippen MR) is 93.1 cm³/mol. The number of anilines is 1. The molecule has 0 spiro atoms. The minimum Gasteiger partial charge on any atom is -0.368 e. The van der Waals surface area contributed by atoms with Gasteiger partial charge in [-0.25, -0.2) is 0 Å². The van der Waals surface area contributed by atoms with Crippen LogP contribution >= 0.6 is 24.0 Å². The summed E-state index contributed by atoms with van der Waals surface area (Å²) in [5.74, 6) is 0.151. The topological polar surface area (TPSA) is 44.4 Å². The van der Waals surface area contributed by atoms with Crippen molar-refractivity contribution in [2.45, 2.75) is 37.8 Å². The maximum Gasteiger partial charge on any atom is 0.237 e. The molecule has 2 N–H and O–H groups in total. The van der Waals surface area contributed by atoms with Crippen LogP contribution in [0.25, 0.3) is 0 Å². The number of rotatable bonds is 3. The Labute approximate surface area is 143 Å². The van der Waals surface area contributed by atoms with Gasteiger partial charge >= 0.3 is 0 Å². The van der Waals surface area contributed by atoms with Crippen molar-refractivity contribution in [1.29, 1.82) is 0 Å². The summed E-state index contributed by atoms with van der Waals surface area (Å²) in [5.41, 5.74) is 1.07. The zero-order chi connectivity index (χ0) is 14.7. The SMILES string of the molecule is Cl.O=C(NC1CCCN(c2ccccc2Cl)C1)C1CCCN1. The number of benzene rings is 1. The van der Waals surface area contributed by atoms with Crippen molar-refractivity contribution in [2.24, 2.45) is 0 Å². The summed E-state index contributed by atoms with van der Waals surface area (Å²) in [4.78, 5) is 14.5. The molecule has 3 rings (SSSR count). The predicted octanol–water partition coefficient (Wildman–Crippen LogP) is 2.60. The zero-order valence-corrected chi connectivity index (χ0v) is 14.1. The lowest BCUT2D eigenvalue weighted by molar-refractivity contribution is -0.123. The van der Waals surface area contributed by atoms with Crippen molar-refractivity contribution in [3.05, 3.63) is 29.3 Å². The molecule has 2 heterocycles. The highest BCUT2D eigenvalue weighted by Gasteiger charge is 2.27. The normalized spacial score (nSPS) is 24.7. The third-order valence-electron chi connectivity index (χ3n) is 4.34. The van der Waals surface area contributed by atoms with E-state index < -0.39 is 0 Å². The van der Waals surface area contributed by atoms with Crippen molar-refractivity contribution in [2.75, 3.05) is 24.5 Å². The Morgan fingerprint density at radius 2 is 2.09 bits per heavy atom. The van der Waals surface area contributed by atoms with Crippen LogP contribution < -0.4 is 15.5 Å². The number of carbonyl (C=O) groups is 1. The average molecular weight is 344 g/mol. The smallest absolute Gasteiger partial charge is 0.237 e. The molecule has 1 aromatic carbocycles. The van der Waals surface area contributed by atoms with Gasteiger partial charge in [0.15, 0.2) is 0 Å². The van der Waals surface area contributed by atoms with E-state index in [-0.39, 0.29) is 30.4 Å². The summed E-state index contributed by atoms with van der Waals surface area (Å²) in [6.45, 7) is 2.79. The van der Waals surface area contributed by atoms with Crippen molar-refractivity contribution < 1.29 is 4.79 Å². The van der Waals surface area contributed by atoms with Crippen LogP contribution in [0.15, 0.2) is 24.3 Å². The van der Waals surface area contributed by atoms with Gasteiger partial charge in [-0.1, -0.05) is 23.7 Å². The number of piperidine rings is 1. The second-order valence-electron chi connectivity index (χ2n) is 5.89. The molecule has 0 bridgehead atoms. The Kier molecular flexibility index (Phi) is 6.36. The van der Waals surface area contributed by atoms with Gasteiger partial charge in [0.25, 0.3) is 0 Å². The number of hydrogen-bond donors (Lipinski definition) is 2. The van der Waals surface area contributed by atoms with E-state index in [0.29, 0.717) is 0 Å². The number of para-hydroxylation sites is 1. The molecule has 1 amide bonds. The Balaban J connectivity index is 0.00000176. The number of nitrogens with one attached hydrogen (secondary N) is 2. The fourth-order valence-corrected chi connectivity index (χ4v) is 3.49.